The van der Waals surface area contributed by atoms with Crippen molar-refractivity contribution >= 4 is 33.6 Å². The monoisotopic (exact) mass is 357 g/mol. The zero-order valence-electron chi connectivity index (χ0n) is 13.1. The summed E-state index contributed by atoms with van der Waals surface area (Å²) in [7, 11) is -3.14. The number of amides is 5. The lowest BCUT2D eigenvalue weighted by Gasteiger charge is -2.21. The van der Waals surface area contributed by atoms with Crippen LogP contribution in [0.4, 0.5) is 4.79 Å². The van der Waals surface area contributed by atoms with Crippen molar-refractivity contribution in [1.29, 1.82) is 0 Å². The van der Waals surface area contributed by atoms with Crippen LogP contribution in [-0.4, -0.2) is 72.1 Å². The lowest BCUT2D eigenvalue weighted by Crippen LogP contribution is -2.45. The fourth-order valence-corrected chi connectivity index (χ4v) is 5.15. The Labute approximate surface area is 139 Å². The van der Waals surface area contributed by atoms with Crippen LogP contribution >= 0.6 is 0 Å². The van der Waals surface area contributed by atoms with Crippen LogP contribution in [0, 0.1) is 0 Å². The van der Waals surface area contributed by atoms with E-state index < -0.39 is 46.2 Å². The molecule has 10 heteroatoms. The van der Waals surface area contributed by atoms with Crippen LogP contribution < -0.4 is 5.32 Å². The number of nitrogens with one attached hydrogen (secondary N) is 1. The molecule has 1 saturated carbocycles. The van der Waals surface area contributed by atoms with E-state index >= 15 is 0 Å². The molecule has 2 aliphatic heterocycles. The highest BCUT2D eigenvalue weighted by molar-refractivity contribution is 7.91. The molecule has 0 bridgehead atoms. The molecule has 0 aromatic heterocycles. The number of carbonyl (C=O) groups is 4. The molecule has 1 N–H and O–H groups in total. The van der Waals surface area contributed by atoms with E-state index in [2.05, 4.69) is 5.32 Å². The van der Waals surface area contributed by atoms with Crippen molar-refractivity contribution in [2.24, 2.45) is 0 Å². The summed E-state index contributed by atoms with van der Waals surface area (Å²) in [5, 5.41) is 2.51. The third kappa shape index (κ3) is 3.14. The molecule has 24 heavy (non-hydrogen) atoms. The molecule has 3 fully saturated rings. The SMILES string of the molecule is O=C(CN1C(=O)C(=O)N(C2CCCC2)C1=O)N[C@@H]1CCS(=O)(=O)C1. The van der Waals surface area contributed by atoms with Crippen LogP contribution in [0.15, 0.2) is 0 Å². The van der Waals surface area contributed by atoms with Crippen LogP contribution in [0.2, 0.25) is 0 Å². The first-order valence-corrected chi connectivity index (χ1v) is 9.79. The fraction of sp³-hybridized carbons (Fsp3) is 0.714. The molecule has 0 spiro atoms. The summed E-state index contributed by atoms with van der Waals surface area (Å²) < 4.78 is 22.8. The average Bonchev–Trinajstić information content (AvgIpc) is 3.17. The molecule has 3 rings (SSSR count). The minimum Gasteiger partial charge on any atom is -0.351 e. The molecule has 0 aromatic carbocycles. The Morgan fingerprint density at radius 1 is 1.08 bits per heavy atom. The average molecular weight is 357 g/mol. The molecule has 0 radical (unpaired) electrons. The maximum absolute atomic E-state index is 12.3. The van der Waals surface area contributed by atoms with E-state index in [9.17, 15) is 27.6 Å². The van der Waals surface area contributed by atoms with Gasteiger partial charge in [0.25, 0.3) is 0 Å². The van der Waals surface area contributed by atoms with Gasteiger partial charge in [0.1, 0.15) is 6.54 Å². The van der Waals surface area contributed by atoms with Crippen molar-refractivity contribution in [2.45, 2.75) is 44.2 Å². The van der Waals surface area contributed by atoms with Crippen molar-refractivity contribution < 1.29 is 27.6 Å². The topological polar surface area (TPSA) is 121 Å². The maximum Gasteiger partial charge on any atom is 0.334 e. The molecule has 0 unspecified atom stereocenters. The first-order chi connectivity index (χ1) is 11.3. The van der Waals surface area contributed by atoms with E-state index in [1.807, 2.05) is 0 Å². The van der Waals surface area contributed by atoms with Gasteiger partial charge in [0, 0.05) is 12.1 Å². The van der Waals surface area contributed by atoms with Crippen molar-refractivity contribution in [3.8, 4) is 0 Å². The van der Waals surface area contributed by atoms with Gasteiger partial charge in [-0.15, -0.1) is 0 Å². The third-order valence-electron chi connectivity index (χ3n) is 4.67. The zero-order valence-corrected chi connectivity index (χ0v) is 13.9. The molecule has 1 atom stereocenters. The number of hydrogen-bond acceptors (Lipinski definition) is 6. The van der Waals surface area contributed by atoms with E-state index in [4.69, 9.17) is 0 Å². The first kappa shape index (κ1) is 16.9. The second-order valence-corrected chi connectivity index (χ2v) is 8.68. The fourth-order valence-electron chi connectivity index (χ4n) is 3.47. The summed E-state index contributed by atoms with van der Waals surface area (Å²) in [6, 6.07) is -1.55. The van der Waals surface area contributed by atoms with E-state index in [0.717, 1.165) is 17.7 Å². The van der Waals surface area contributed by atoms with Crippen LogP contribution in [0.3, 0.4) is 0 Å². The molecule has 1 aliphatic carbocycles. The smallest absolute Gasteiger partial charge is 0.334 e. The van der Waals surface area contributed by atoms with Gasteiger partial charge >= 0.3 is 17.8 Å². The highest BCUT2D eigenvalue weighted by Gasteiger charge is 2.48. The van der Waals surface area contributed by atoms with Gasteiger partial charge < -0.3 is 5.32 Å². The van der Waals surface area contributed by atoms with Gasteiger partial charge in [0.05, 0.1) is 11.5 Å². The van der Waals surface area contributed by atoms with E-state index in [0.29, 0.717) is 24.2 Å². The summed E-state index contributed by atoms with van der Waals surface area (Å²) in [5.41, 5.74) is 0. The Bertz CT molecular complexity index is 697. The van der Waals surface area contributed by atoms with E-state index in [1.54, 1.807) is 0 Å². The Morgan fingerprint density at radius 3 is 2.33 bits per heavy atom. The number of carbonyl (C=O) groups excluding carboxylic acids is 4. The van der Waals surface area contributed by atoms with Crippen LogP contribution in [0.25, 0.3) is 0 Å². The Balaban J connectivity index is 1.62. The second-order valence-electron chi connectivity index (χ2n) is 6.45. The minimum atomic E-state index is -3.14. The van der Waals surface area contributed by atoms with Gasteiger partial charge in [-0.1, -0.05) is 12.8 Å². The molecule has 132 valence electrons. The number of imide groups is 2. The quantitative estimate of drug-likeness (QED) is 0.510. The van der Waals surface area contributed by atoms with Crippen LogP contribution in [-0.2, 0) is 24.2 Å². The number of nitrogens with zero attached hydrogens (tertiary/aromatic N) is 2. The van der Waals surface area contributed by atoms with Gasteiger partial charge in [-0.3, -0.25) is 19.3 Å². The molecule has 2 heterocycles. The Kier molecular flexibility index (Phi) is 4.33. The number of rotatable bonds is 4. The molecular weight excluding hydrogens is 338 g/mol. The lowest BCUT2D eigenvalue weighted by atomic mass is 10.2. The molecule has 2 saturated heterocycles. The zero-order chi connectivity index (χ0) is 17.5. The predicted molar refractivity (Wildman–Crippen MR) is 81.4 cm³/mol. The van der Waals surface area contributed by atoms with Gasteiger partial charge in [0.2, 0.25) is 5.91 Å². The molecule has 3 aliphatic rings. The van der Waals surface area contributed by atoms with Gasteiger partial charge in [0.15, 0.2) is 9.84 Å². The summed E-state index contributed by atoms with van der Waals surface area (Å²) in [6.07, 6.45) is 3.44. The van der Waals surface area contributed by atoms with Crippen molar-refractivity contribution in [3.05, 3.63) is 0 Å². The van der Waals surface area contributed by atoms with Crippen molar-refractivity contribution in [3.63, 3.8) is 0 Å². The lowest BCUT2D eigenvalue weighted by molar-refractivity contribution is -0.144. The Morgan fingerprint density at radius 2 is 1.75 bits per heavy atom. The maximum atomic E-state index is 12.3. The summed E-state index contributed by atoms with van der Waals surface area (Å²) in [4.78, 5) is 50.0. The van der Waals surface area contributed by atoms with Gasteiger partial charge in [-0.25, -0.2) is 18.1 Å². The predicted octanol–water partition coefficient (Wildman–Crippen LogP) is -0.977. The van der Waals surface area contributed by atoms with Gasteiger partial charge in [-0.05, 0) is 19.3 Å². The highest BCUT2D eigenvalue weighted by Crippen LogP contribution is 2.27. The Hall–Kier alpha value is -1.97. The highest BCUT2D eigenvalue weighted by atomic mass is 32.2. The minimum absolute atomic E-state index is 0.00741. The summed E-state index contributed by atoms with van der Waals surface area (Å²) in [6.45, 7) is -0.566. The van der Waals surface area contributed by atoms with E-state index in [1.165, 1.54) is 0 Å². The molecule has 9 nitrogen and oxygen atoms in total. The molecule has 0 aromatic rings. The number of hydrogen-bond donors (Lipinski definition) is 1. The number of sulfone groups is 1. The second kappa shape index (κ2) is 6.15. The largest absolute Gasteiger partial charge is 0.351 e. The molecule has 5 amide bonds. The first-order valence-electron chi connectivity index (χ1n) is 7.97. The standard InChI is InChI=1S/C14H19N3O6S/c18-11(15-9-5-6-24(22,23)8-9)7-16-12(19)13(20)17(14(16)21)10-3-1-2-4-10/h9-10H,1-8H2,(H,15,18)/t9-/m1/s1. The summed E-state index contributed by atoms with van der Waals surface area (Å²) in [5.74, 6) is -2.66. The number of urea groups is 1. The van der Waals surface area contributed by atoms with Crippen LogP contribution in [0.1, 0.15) is 32.1 Å². The van der Waals surface area contributed by atoms with Crippen molar-refractivity contribution in [2.75, 3.05) is 18.1 Å². The van der Waals surface area contributed by atoms with Crippen molar-refractivity contribution in [1.82, 2.24) is 15.1 Å². The normalized spacial score (nSPS) is 27.3. The molecular formula is C14H19N3O6S. The van der Waals surface area contributed by atoms with Crippen LogP contribution in [0.5, 0.6) is 0 Å². The van der Waals surface area contributed by atoms with Gasteiger partial charge in [-0.2, -0.15) is 0 Å². The van der Waals surface area contributed by atoms with E-state index in [-0.39, 0.29) is 17.5 Å². The third-order valence-corrected chi connectivity index (χ3v) is 6.44. The summed E-state index contributed by atoms with van der Waals surface area (Å²) >= 11 is 0.